The van der Waals surface area contributed by atoms with Gasteiger partial charge < -0.3 is 15.3 Å². The standard InChI is InChI=1S/C9H10N4O3S/c1-13-8(10)11-12-9(13)17-4-6-5(7(14)15)2-3-16-6/h2-3H,4H2,1H3,(H2,10,11)(H,14,15). The lowest BCUT2D eigenvalue weighted by atomic mass is 10.3. The van der Waals surface area contributed by atoms with Gasteiger partial charge in [0.05, 0.1) is 12.0 Å². The van der Waals surface area contributed by atoms with E-state index in [9.17, 15) is 4.79 Å². The van der Waals surface area contributed by atoms with Crippen molar-refractivity contribution in [2.75, 3.05) is 5.73 Å². The molecule has 0 amide bonds. The SMILES string of the molecule is Cn1c(N)nnc1SCc1occc1C(=O)O. The molecule has 0 aliphatic rings. The highest BCUT2D eigenvalue weighted by atomic mass is 32.2. The fourth-order valence-electron chi connectivity index (χ4n) is 1.22. The zero-order valence-electron chi connectivity index (χ0n) is 8.95. The van der Waals surface area contributed by atoms with E-state index >= 15 is 0 Å². The van der Waals surface area contributed by atoms with Gasteiger partial charge in [0, 0.05) is 7.05 Å². The molecule has 0 saturated carbocycles. The van der Waals surface area contributed by atoms with E-state index in [1.807, 2.05) is 0 Å². The summed E-state index contributed by atoms with van der Waals surface area (Å²) in [4.78, 5) is 10.8. The Kier molecular flexibility index (Phi) is 3.05. The van der Waals surface area contributed by atoms with Crippen LogP contribution in [0.15, 0.2) is 21.9 Å². The highest BCUT2D eigenvalue weighted by Gasteiger charge is 2.15. The first-order valence-electron chi connectivity index (χ1n) is 4.67. The second-order valence-corrected chi connectivity index (χ2v) is 4.19. The summed E-state index contributed by atoms with van der Waals surface area (Å²) >= 11 is 1.31. The van der Waals surface area contributed by atoms with Crippen LogP contribution in [0.5, 0.6) is 0 Å². The van der Waals surface area contributed by atoms with E-state index in [4.69, 9.17) is 15.3 Å². The third-order valence-corrected chi connectivity index (χ3v) is 3.20. The van der Waals surface area contributed by atoms with Crippen LogP contribution >= 0.6 is 11.8 Å². The predicted octanol–water partition coefficient (Wildman–Crippen LogP) is 0.981. The molecular formula is C9H10N4O3S. The molecule has 2 aromatic heterocycles. The maximum Gasteiger partial charge on any atom is 0.339 e. The lowest BCUT2D eigenvalue weighted by Gasteiger charge is -2.00. The van der Waals surface area contributed by atoms with E-state index in [0.29, 0.717) is 22.6 Å². The van der Waals surface area contributed by atoms with E-state index in [1.165, 1.54) is 24.1 Å². The average Bonchev–Trinajstić information content (AvgIpc) is 2.86. The van der Waals surface area contributed by atoms with Gasteiger partial charge in [0.25, 0.3) is 0 Å². The van der Waals surface area contributed by atoms with Crippen LogP contribution in [-0.2, 0) is 12.8 Å². The minimum absolute atomic E-state index is 0.160. The average molecular weight is 254 g/mol. The van der Waals surface area contributed by atoms with Crippen molar-refractivity contribution in [1.29, 1.82) is 0 Å². The number of rotatable bonds is 4. The Morgan fingerprint density at radius 2 is 2.41 bits per heavy atom. The van der Waals surface area contributed by atoms with Crippen LogP contribution in [0.1, 0.15) is 16.1 Å². The molecule has 0 spiro atoms. The molecule has 0 aliphatic heterocycles. The van der Waals surface area contributed by atoms with Crippen LogP contribution in [0.4, 0.5) is 5.95 Å². The Labute approximate surface area is 101 Å². The van der Waals surface area contributed by atoms with Crippen molar-refractivity contribution in [3.8, 4) is 0 Å². The molecule has 3 N–H and O–H groups in total. The Hall–Kier alpha value is -1.96. The summed E-state index contributed by atoms with van der Waals surface area (Å²) < 4.78 is 6.72. The van der Waals surface area contributed by atoms with Crippen molar-refractivity contribution in [3.63, 3.8) is 0 Å². The number of thioether (sulfide) groups is 1. The monoisotopic (exact) mass is 254 g/mol. The molecule has 2 heterocycles. The molecule has 90 valence electrons. The molecule has 0 aromatic carbocycles. The van der Waals surface area contributed by atoms with Gasteiger partial charge in [-0.25, -0.2) is 4.79 Å². The van der Waals surface area contributed by atoms with Crippen molar-refractivity contribution < 1.29 is 14.3 Å². The van der Waals surface area contributed by atoms with Gasteiger partial charge in [-0.3, -0.25) is 4.57 Å². The summed E-state index contributed by atoms with van der Waals surface area (Å²) in [6, 6.07) is 1.42. The second kappa shape index (κ2) is 4.50. The number of anilines is 1. The molecular weight excluding hydrogens is 244 g/mol. The number of nitrogens with two attached hydrogens (primary N) is 1. The third kappa shape index (κ3) is 2.26. The maximum atomic E-state index is 10.8. The smallest absolute Gasteiger partial charge is 0.339 e. The topological polar surface area (TPSA) is 107 Å². The maximum absolute atomic E-state index is 10.8. The van der Waals surface area contributed by atoms with Crippen molar-refractivity contribution >= 4 is 23.7 Å². The summed E-state index contributed by atoms with van der Waals surface area (Å²) in [7, 11) is 1.73. The number of furan rings is 1. The molecule has 0 aliphatic carbocycles. The Bertz CT molecular complexity index is 548. The minimum Gasteiger partial charge on any atom is -0.478 e. The molecule has 0 radical (unpaired) electrons. The predicted molar refractivity (Wildman–Crippen MR) is 60.6 cm³/mol. The zero-order valence-corrected chi connectivity index (χ0v) is 9.77. The highest BCUT2D eigenvalue weighted by Crippen LogP contribution is 2.24. The second-order valence-electron chi connectivity index (χ2n) is 3.25. The van der Waals surface area contributed by atoms with Gasteiger partial charge >= 0.3 is 5.97 Å². The number of hydrogen-bond acceptors (Lipinski definition) is 6. The van der Waals surface area contributed by atoms with Gasteiger partial charge in [-0.1, -0.05) is 11.8 Å². The fraction of sp³-hybridized carbons (Fsp3) is 0.222. The molecule has 2 rings (SSSR count). The number of nitrogens with zero attached hydrogens (tertiary/aromatic N) is 3. The van der Waals surface area contributed by atoms with Crippen LogP contribution in [-0.4, -0.2) is 25.8 Å². The highest BCUT2D eigenvalue weighted by molar-refractivity contribution is 7.98. The molecule has 0 unspecified atom stereocenters. The first kappa shape index (κ1) is 11.5. The normalized spacial score (nSPS) is 10.6. The van der Waals surface area contributed by atoms with Crippen molar-refractivity contribution in [2.45, 2.75) is 10.9 Å². The lowest BCUT2D eigenvalue weighted by molar-refractivity contribution is 0.0695. The molecule has 0 fully saturated rings. The molecule has 7 nitrogen and oxygen atoms in total. The van der Waals surface area contributed by atoms with E-state index in [0.717, 1.165) is 0 Å². The number of aromatic nitrogens is 3. The number of carboxylic acid groups (broad SMARTS) is 1. The minimum atomic E-state index is -1.01. The van der Waals surface area contributed by atoms with Crippen LogP contribution in [0.3, 0.4) is 0 Å². The van der Waals surface area contributed by atoms with Gasteiger partial charge in [-0.2, -0.15) is 0 Å². The van der Waals surface area contributed by atoms with Gasteiger partial charge in [0.15, 0.2) is 5.16 Å². The summed E-state index contributed by atoms with van der Waals surface area (Å²) in [5.74, 6) is 0.0574. The largest absolute Gasteiger partial charge is 0.478 e. The number of carboxylic acids is 1. The molecule has 0 bridgehead atoms. The molecule has 0 atom stereocenters. The van der Waals surface area contributed by atoms with E-state index < -0.39 is 5.97 Å². The van der Waals surface area contributed by atoms with Gasteiger partial charge in [-0.15, -0.1) is 10.2 Å². The van der Waals surface area contributed by atoms with Gasteiger partial charge in [0.1, 0.15) is 11.3 Å². The number of nitrogen functional groups attached to an aromatic ring is 1. The van der Waals surface area contributed by atoms with Gasteiger partial charge in [-0.05, 0) is 6.07 Å². The summed E-state index contributed by atoms with van der Waals surface area (Å²) in [5.41, 5.74) is 5.69. The van der Waals surface area contributed by atoms with Crippen LogP contribution in [0.25, 0.3) is 0 Å². The van der Waals surface area contributed by atoms with Crippen LogP contribution in [0, 0.1) is 0 Å². The Morgan fingerprint density at radius 3 is 3.00 bits per heavy atom. The van der Waals surface area contributed by atoms with Crippen molar-refractivity contribution in [2.24, 2.45) is 7.05 Å². The van der Waals surface area contributed by atoms with Gasteiger partial charge in [0.2, 0.25) is 5.95 Å². The fourth-order valence-corrected chi connectivity index (χ4v) is 2.09. The Balaban J connectivity index is 2.10. The molecule has 0 saturated heterocycles. The Morgan fingerprint density at radius 1 is 1.65 bits per heavy atom. The van der Waals surface area contributed by atoms with E-state index in [-0.39, 0.29) is 5.56 Å². The zero-order chi connectivity index (χ0) is 12.4. The summed E-state index contributed by atoms with van der Waals surface area (Å²) in [6.45, 7) is 0. The van der Waals surface area contributed by atoms with E-state index in [2.05, 4.69) is 10.2 Å². The van der Waals surface area contributed by atoms with Crippen LogP contribution in [0.2, 0.25) is 0 Å². The number of aromatic carboxylic acids is 1. The van der Waals surface area contributed by atoms with Crippen molar-refractivity contribution in [1.82, 2.24) is 14.8 Å². The molecule has 2 aromatic rings. The molecule has 8 heteroatoms. The lowest BCUT2D eigenvalue weighted by Crippen LogP contribution is -1.99. The molecule has 17 heavy (non-hydrogen) atoms. The van der Waals surface area contributed by atoms with Crippen molar-refractivity contribution in [3.05, 3.63) is 23.7 Å². The quantitative estimate of drug-likeness (QED) is 0.783. The summed E-state index contributed by atoms with van der Waals surface area (Å²) in [5, 5.41) is 17.0. The third-order valence-electron chi connectivity index (χ3n) is 2.18. The van der Waals surface area contributed by atoms with E-state index in [1.54, 1.807) is 11.6 Å². The van der Waals surface area contributed by atoms with Crippen LogP contribution < -0.4 is 5.73 Å². The number of hydrogen-bond donors (Lipinski definition) is 2. The first-order chi connectivity index (χ1) is 8.09. The first-order valence-corrected chi connectivity index (χ1v) is 5.65. The summed E-state index contributed by atoms with van der Waals surface area (Å²) in [6.07, 6.45) is 1.35. The number of carbonyl (C=O) groups is 1.